The molecule has 4 nitrogen and oxygen atoms in total. The van der Waals surface area contributed by atoms with E-state index in [1.54, 1.807) is 6.07 Å². The molecule has 0 aromatic heterocycles. The molecule has 0 aliphatic carbocycles. The van der Waals surface area contributed by atoms with Gasteiger partial charge in [-0.05, 0) is 62.9 Å². The molecule has 0 radical (unpaired) electrons. The number of rotatable bonds is 6. The lowest BCUT2D eigenvalue weighted by Gasteiger charge is -2.17. The van der Waals surface area contributed by atoms with Crippen LogP contribution in [-0.4, -0.2) is 18.8 Å². The van der Waals surface area contributed by atoms with Gasteiger partial charge in [0.05, 0.1) is 11.6 Å². The minimum atomic E-state index is -0.114. The summed E-state index contributed by atoms with van der Waals surface area (Å²) in [6, 6.07) is 1.65. The molecule has 5 N–H and O–H groups in total. The first-order valence-corrected chi connectivity index (χ1v) is 7.32. The van der Waals surface area contributed by atoms with Crippen LogP contribution in [0.5, 0.6) is 11.5 Å². The zero-order valence-electron chi connectivity index (χ0n) is 10.7. The molecule has 0 unspecified atom stereocenters. The van der Waals surface area contributed by atoms with Gasteiger partial charge >= 0.3 is 0 Å². The second-order valence-electron chi connectivity index (χ2n) is 4.04. The molecule has 0 fully saturated rings. The molecule has 110 valence electrons. The molecule has 1 aromatic rings. The van der Waals surface area contributed by atoms with Crippen LogP contribution in [0, 0.1) is 0 Å². The molecule has 19 heavy (non-hydrogen) atoms. The van der Waals surface area contributed by atoms with Gasteiger partial charge in [0.15, 0.2) is 11.5 Å². The molecule has 1 rings (SSSR count). The predicted octanol–water partition coefficient (Wildman–Crippen LogP) is 3.48. The summed E-state index contributed by atoms with van der Waals surface area (Å²) in [5, 5.41) is 9.84. The van der Waals surface area contributed by atoms with Gasteiger partial charge in [0.2, 0.25) is 0 Å². The molecule has 0 heterocycles. The number of phenolic OH excluding ortho intramolecular Hbond substituents is 1. The van der Waals surface area contributed by atoms with Crippen LogP contribution < -0.4 is 16.2 Å². The zero-order valence-corrected chi connectivity index (χ0v) is 14.6. The van der Waals surface area contributed by atoms with Crippen molar-refractivity contribution in [2.75, 3.05) is 13.7 Å². The second-order valence-corrected chi connectivity index (χ2v) is 5.62. The van der Waals surface area contributed by atoms with Crippen LogP contribution in [-0.2, 0) is 0 Å². The van der Waals surface area contributed by atoms with Crippen molar-refractivity contribution in [3.05, 3.63) is 20.6 Å². The van der Waals surface area contributed by atoms with E-state index in [0.717, 1.165) is 29.3 Å². The van der Waals surface area contributed by atoms with Gasteiger partial charge in [0.25, 0.3) is 0 Å². The normalized spacial score (nSPS) is 11.8. The number of halogens is 3. The van der Waals surface area contributed by atoms with E-state index in [1.165, 1.54) is 7.11 Å². The van der Waals surface area contributed by atoms with Crippen molar-refractivity contribution in [1.82, 2.24) is 0 Å². The van der Waals surface area contributed by atoms with E-state index in [4.69, 9.17) is 16.2 Å². The summed E-state index contributed by atoms with van der Waals surface area (Å²) in [6.45, 7) is 0.677. The third-order valence-corrected chi connectivity index (χ3v) is 4.92. The van der Waals surface area contributed by atoms with Gasteiger partial charge in [-0.25, -0.2) is 0 Å². The molecule has 0 amide bonds. The molecule has 1 aromatic carbocycles. The molecular formula is C12H19Br2ClN2O2. The highest BCUT2D eigenvalue weighted by atomic mass is 79.9. The maximum absolute atomic E-state index is 9.84. The number of unbranched alkanes of at least 4 members (excludes halogenated alkanes) is 1. The van der Waals surface area contributed by atoms with Crippen LogP contribution in [0.25, 0.3) is 0 Å². The summed E-state index contributed by atoms with van der Waals surface area (Å²) in [5.41, 5.74) is 12.5. The van der Waals surface area contributed by atoms with Crippen LogP contribution >= 0.6 is 44.3 Å². The first-order valence-electron chi connectivity index (χ1n) is 5.73. The summed E-state index contributed by atoms with van der Waals surface area (Å²) in [4.78, 5) is 0. The number of benzene rings is 1. The van der Waals surface area contributed by atoms with Crippen molar-refractivity contribution in [3.63, 3.8) is 0 Å². The fraction of sp³-hybridized carbons (Fsp3) is 0.500. The largest absolute Gasteiger partial charge is 0.503 e. The lowest BCUT2D eigenvalue weighted by atomic mass is 10.0. The summed E-state index contributed by atoms with van der Waals surface area (Å²) < 4.78 is 6.45. The molecule has 0 bridgehead atoms. The third kappa shape index (κ3) is 4.79. The fourth-order valence-electron chi connectivity index (χ4n) is 1.70. The predicted molar refractivity (Wildman–Crippen MR) is 87.1 cm³/mol. The van der Waals surface area contributed by atoms with Gasteiger partial charge in [0, 0.05) is 10.5 Å². The summed E-state index contributed by atoms with van der Waals surface area (Å²) >= 11 is 6.76. The average Bonchev–Trinajstić information content (AvgIpc) is 2.36. The highest BCUT2D eigenvalue weighted by Crippen LogP contribution is 2.43. The van der Waals surface area contributed by atoms with Gasteiger partial charge < -0.3 is 21.3 Å². The van der Waals surface area contributed by atoms with Gasteiger partial charge in [0.1, 0.15) is 0 Å². The Balaban J connectivity index is 0.00000324. The maximum Gasteiger partial charge on any atom is 0.173 e. The molecule has 0 aliphatic heterocycles. The van der Waals surface area contributed by atoms with Crippen molar-refractivity contribution >= 4 is 44.3 Å². The topological polar surface area (TPSA) is 81.5 Å². The highest BCUT2D eigenvalue weighted by Gasteiger charge is 2.18. The number of hydrogen-bond acceptors (Lipinski definition) is 4. The highest BCUT2D eigenvalue weighted by molar-refractivity contribution is 9.13. The molecule has 0 saturated heterocycles. The van der Waals surface area contributed by atoms with Crippen LogP contribution in [0.4, 0.5) is 0 Å². The minimum Gasteiger partial charge on any atom is -0.503 e. The number of hydrogen-bond donors (Lipinski definition) is 3. The first-order chi connectivity index (χ1) is 8.52. The van der Waals surface area contributed by atoms with Gasteiger partial charge in [-0.3, -0.25) is 0 Å². The van der Waals surface area contributed by atoms with Crippen molar-refractivity contribution in [2.24, 2.45) is 11.5 Å². The summed E-state index contributed by atoms with van der Waals surface area (Å²) in [5.74, 6) is 0.483. The molecule has 0 spiro atoms. The van der Waals surface area contributed by atoms with Gasteiger partial charge in [-0.15, -0.1) is 12.4 Å². The summed E-state index contributed by atoms with van der Waals surface area (Å²) in [7, 11) is 1.51. The second kappa shape index (κ2) is 9.02. The number of nitrogens with two attached hydrogens (primary N) is 2. The minimum absolute atomic E-state index is 0. The molecular weight excluding hydrogens is 399 g/mol. The Labute approximate surface area is 136 Å². The van der Waals surface area contributed by atoms with E-state index in [9.17, 15) is 5.11 Å². The molecule has 0 saturated carbocycles. The van der Waals surface area contributed by atoms with E-state index in [1.807, 2.05) is 0 Å². The number of aromatic hydroxyl groups is 1. The standard InChI is InChI=1S/C12H18Br2N2O2.ClH/c1-18-9-6-7(8(16)4-2-3-5-15)10(13)11(14)12(9)17;/h6,8,17H,2-5,15-16H2,1H3;1H/t8-;/m0./s1. The van der Waals surface area contributed by atoms with Crippen LogP contribution in [0.3, 0.4) is 0 Å². The Morgan fingerprint density at radius 2 is 1.95 bits per heavy atom. The Bertz CT molecular complexity index is 419. The summed E-state index contributed by atoms with van der Waals surface area (Å²) in [6.07, 6.45) is 2.78. The van der Waals surface area contributed by atoms with Crippen molar-refractivity contribution in [2.45, 2.75) is 25.3 Å². The van der Waals surface area contributed by atoms with E-state index in [2.05, 4.69) is 31.9 Å². The number of methoxy groups -OCH3 is 1. The van der Waals surface area contributed by atoms with E-state index < -0.39 is 0 Å². The van der Waals surface area contributed by atoms with Crippen molar-refractivity contribution in [1.29, 1.82) is 0 Å². The zero-order chi connectivity index (χ0) is 13.7. The van der Waals surface area contributed by atoms with Gasteiger partial charge in [-0.1, -0.05) is 6.42 Å². The third-order valence-electron chi connectivity index (χ3n) is 2.76. The molecule has 1 atom stereocenters. The SMILES string of the molecule is COc1cc([C@@H](N)CCCCN)c(Br)c(Br)c1O.Cl. The Morgan fingerprint density at radius 3 is 2.47 bits per heavy atom. The van der Waals surface area contributed by atoms with Crippen LogP contribution in [0.15, 0.2) is 15.0 Å². The average molecular weight is 419 g/mol. The van der Waals surface area contributed by atoms with E-state index in [0.29, 0.717) is 16.8 Å². The lowest BCUT2D eigenvalue weighted by Crippen LogP contribution is -2.12. The Kier molecular flexibility index (Phi) is 9.02. The van der Waals surface area contributed by atoms with Crippen LogP contribution in [0.1, 0.15) is 30.9 Å². The molecule has 7 heteroatoms. The Morgan fingerprint density at radius 1 is 1.32 bits per heavy atom. The van der Waals surface area contributed by atoms with Crippen LogP contribution in [0.2, 0.25) is 0 Å². The number of phenols is 1. The smallest absolute Gasteiger partial charge is 0.173 e. The molecule has 0 aliphatic rings. The first kappa shape index (κ1) is 19.0. The van der Waals surface area contributed by atoms with E-state index in [-0.39, 0.29) is 24.2 Å². The fourth-order valence-corrected chi connectivity index (χ4v) is 2.72. The Hall–Kier alpha value is -0.0100. The van der Waals surface area contributed by atoms with E-state index >= 15 is 0 Å². The maximum atomic E-state index is 9.84. The van der Waals surface area contributed by atoms with Crippen molar-refractivity contribution < 1.29 is 9.84 Å². The lowest BCUT2D eigenvalue weighted by molar-refractivity contribution is 0.370. The number of ether oxygens (including phenoxy) is 1. The monoisotopic (exact) mass is 416 g/mol. The van der Waals surface area contributed by atoms with Crippen molar-refractivity contribution in [3.8, 4) is 11.5 Å². The van der Waals surface area contributed by atoms with Gasteiger partial charge in [-0.2, -0.15) is 0 Å². The quantitative estimate of drug-likeness (QED) is 0.618.